The fraction of sp³-hybridized carbons (Fsp3) is 0.375. The molecular weight excluding hydrogens is 411 g/mol. The largest absolute Gasteiger partial charge is 0.383 e. The van der Waals surface area contributed by atoms with Gasteiger partial charge in [-0.1, -0.05) is 48.0 Å². The van der Waals surface area contributed by atoms with Crippen LogP contribution in [-0.2, 0) is 9.53 Å². The highest BCUT2D eigenvalue weighted by Gasteiger charge is 2.35. The Bertz CT molecular complexity index is 977. The maximum Gasteiger partial charge on any atom is 0.317 e. The first-order valence-electron chi connectivity index (χ1n) is 10.7. The lowest BCUT2D eigenvalue weighted by atomic mass is 9.97. The minimum absolute atomic E-state index is 0.161. The molecule has 3 amide bonds. The molecule has 0 saturated carbocycles. The maximum atomic E-state index is 14.4. The second kappa shape index (κ2) is 10.9. The number of carbonyl (C=O) groups excluding carboxylic acids is 2. The van der Waals surface area contributed by atoms with E-state index in [1.165, 1.54) is 23.1 Å². The van der Waals surface area contributed by atoms with E-state index in [0.29, 0.717) is 30.8 Å². The van der Waals surface area contributed by atoms with Crippen molar-refractivity contribution < 1.29 is 18.7 Å². The monoisotopic (exact) mass is 440 g/mol. The molecule has 8 heteroatoms. The first kappa shape index (κ1) is 23.4. The zero-order valence-corrected chi connectivity index (χ0v) is 18.7. The van der Waals surface area contributed by atoms with Crippen LogP contribution in [0.25, 0.3) is 0 Å². The first-order chi connectivity index (χ1) is 15.4. The number of nitrogens with one attached hydrogen (secondary N) is 1. The number of benzene rings is 2. The Balaban J connectivity index is 1.90. The number of rotatable bonds is 8. The van der Waals surface area contributed by atoms with E-state index in [-0.39, 0.29) is 36.9 Å². The molecule has 1 N–H and O–H groups in total. The summed E-state index contributed by atoms with van der Waals surface area (Å²) in [5, 5.41) is 8.61. The number of urea groups is 1. The molecule has 2 aromatic rings. The van der Waals surface area contributed by atoms with Crippen LogP contribution in [0, 0.1) is 12.7 Å². The van der Waals surface area contributed by atoms with E-state index in [0.717, 1.165) is 11.1 Å². The standard InChI is InChI=1S/C24H29FN4O3/c1-4-26-24(31)28(13-14-32-3)16-23(30)29-22(18-11-9-17(2)10-12-18)15-21(27-29)19-7-5-6-8-20(19)25/h5-12,22H,4,13-16H2,1-3H3,(H,26,31)/t22-/m1/s1. The molecule has 0 fully saturated rings. The highest BCUT2D eigenvalue weighted by atomic mass is 19.1. The molecule has 0 bridgehead atoms. The number of halogens is 1. The molecule has 170 valence electrons. The van der Waals surface area contributed by atoms with E-state index >= 15 is 0 Å². The SMILES string of the molecule is CCNC(=O)N(CCOC)CC(=O)N1N=C(c2ccccc2F)C[C@@H]1c1ccc(C)cc1. The van der Waals surface area contributed by atoms with Crippen molar-refractivity contribution in [3.8, 4) is 0 Å². The molecule has 0 spiro atoms. The van der Waals surface area contributed by atoms with E-state index in [1.807, 2.05) is 38.1 Å². The quantitative estimate of drug-likeness (QED) is 0.683. The number of hydrazone groups is 1. The highest BCUT2D eigenvalue weighted by molar-refractivity contribution is 6.03. The van der Waals surface area contributed by atoms with E-state index in [1.54, 1.807) is 18.2 Å². The van der Waals surface area contributed by atoms with Crippen molar-refractivity contribution in [2.75, 3.05) is 33.4 Å². The second-order valence-electron chi connectivity index (χ2n) is 7.65. The van der Waals surface area contributed by atoms with E-state index in [9.17, 15) is 14.0 Å². The molecule has 0 aromatic heterocycles. The summed E-state index contributed by atoms with van der Waals surface area (Å²) in [6.45, 7) is 4.65. The zero-order chi connectivity index (χ0) is 23.1. The summed E-state index contributed by atoms with van der Waals surface area (Å²) in [4.78, 5) is 27.1. The lowest BCUT2D eigenvalue weighted by molar-refractivity contribution is -0.133. The molecule has 0 aliphatic carbocycles. The summed E-state index contributed by atoms with van der Waals surface area (Å²) in [6, 6.07) is 13.5. The van der Waals surface area contributed by atoms with Crippen LogP contribution in [0.1, 0.15) is 36.1 Å². The number of nitrogens with zero attached hydrogens (tertiary/aromatic N) is 3. The Morgan fingerprint density at radius 1 is 1.22 bits per heavy atom. The van der Waals surface area contributed by atoms with Crippen LogP contribution in [0.4, 0.5) is 9.18 Å². The molecule has 0 saturated heterocycles. The summed E-state index contributed by atoms with van der Waals surface area (Å²) in [5.41, 5.74) is 2.88. The molecule has 0 unspecified atom stereocenters. The fourth-order valence-corrected chi connectivity index (χ4v) is 3.60. The van der Waals surface area contributed by atoms with Crippen LogP contribution < -0.4 is 5.32 Å². The van der Waals surface area contributed by atoms with Crippen molar-refractivity contribution in [1.82, 2.24) is 15.2 Å². The number of amides is 3. The second-order valence-corrected chi connectivity index (χ2v) is 7.65. The third kappa shape index (κ3) is 5.50. The lowest BCUT2D eigenvalue weighted by Gasteiger charge is -2.27. The van der Waals surface area contributed by atoms with Crippen molar-refractivity contribution in [2.45, 2.75) is 26.3 Å². The molecule has 1 atom stereocenters. The van der Waals surface area contributed by atoms with Gasteiger partial charge in [-0.3, -0.25) is 4.79 Å². The zero-order valence-electron chi connectivity index (χ0n) is 18.7. The van der Waals surface area contributed by atoms with Crippen molar-refractivity contribution in [1.29, 1.82) is 0 Å². The third-order valence-corrected chi connectivity index (χ3v) is 5.32. The fourth-order valence-electron chi connectivity index (χ4n) is 3.60. The Labute approximate surface area is 187 Å². The normalized spacial score (nSPS) is 15.4. The molecule has 1 aliphatic heterocycles. The average Bonchev–Trinajstić information content (AvgIpc) is 3.22. The predicted molar refractivity (Wildman–Crippen MR) is 121 cm³/mol. The molecule has 0 radical (unpaired) electrons. The van der Waals surface area contributed by atoms with Crippen LogP contribution in [0.5, 0.6) is 0 Å². The van der Waals surface area contributed by atoms with Gasteiger partial charge in [0.25, 0.3) is 5.91 Å². The molecule has 1 heterocycles. The van der Waals surface area contributed by atoms with Gasteiger partial charge < -0.3 is 15.0 Å². The van der Waals surface area contributed by atoms with Gasteiger partial charge in [-0.2, -0.15) is 5.10 Å². The lowest BCUT2D eigenvalue weighted by Crippen LogP contribution is -2.47. The summed E-state index contributed by atoms with van der Waals surface area (Å²) >= 11 is 0. The highest BCUT2D eigenvalue weighted by Crippen LogP contribution is 2.33. The summed E-state index contributed by atoms with van der Waals surface area (Å²) in [5.74, 6) is -0.725. The number of ether oxygens (including phenoxy) is 1. The maximum absolute atomic E-state index is 14.4. The molecule has 3 rings (SSSR count). The third-order valence-electron chi connectivity index (χ3n) is 5.32. The van der Waals surface area contributed by atoms with Crippen molar-refractivity contribution in [3.63, 3.8) is 0 Å². The minimum atomic E-state index is -0.382. The van der Waals surface area contributed by atoms with Gasteiger partial charge in [0.2, 0.25) is 0 Å². The number of carbonyl (C=O) groups is 2. The predicted octanol–water partition coefficient (Wildman–Crippen LogP) is 3.49. The van der Waals surface area contributed by atoms with Crippen LogP contribution in [0.15, 0.2) is 53.6 Å². The molecule has 1 aliphatic rings. The Morgan fingerprint density at radius 2 is 1.94 bits per heavy atom. The molecule has 32 heavy (non-hydrogen) atoms. The molecular formula is C24H29FN4O3. The summed E-state index contributed by atoms with van der Waals surface area (Å²) in [7, 11) is 1.54. The Morgan fingerprint density at radius 3 is 2.59 bits per heavy atom. The van der Waals surface area contributed by atoms with Gasteiger partial charge in [-0.25, -0.2) is 14.2 Å². The van der Waals surface area contributed by atoms with Crippen LogP contribution in [0.2, 0.25) is 0 Å². The number of hydrogen-bond donors (Lipinski definition) is 1. The van der Waals surface area contributed by atoms with Gasteiger partial charge in [0, 0.05) is 32.2 Å². The average molecular weight is 441 g/mol. The molecule has 7 nitrogen and oxygen atoms in total. The van der Waals surface area contributed by atoms with E-state index < -0.39 is 0 Å². The Hall–Kier alpha value is -3.26. The van der Waals surface area contributed by atoms with Gasteiger partial charge in [-0.05, 0) is 25.5 Å². The van der Waals surface area contributed by atoms with Gasteiger partial charge in [0.1, 0.15) is 12.4 Å². The van der Waals surface area contributed by atoms with Gasteiger partial charge in [-0.15, -0.1) is 0 Å². The van der Waals surface area contributed by atoms with Crippen LogP contribution in [-0.4, -0.2) is 60.9 Å². The Kier molecular flexibility index (Phi) is 7.94. The smallest absolute Gasteiger partial charge is 0.317 e. The number of methoxy groups -OCH3 is 1. The van der Waals surface area contributed by atoms with Crippen molar-refractivity contribution in [2.24, 2.45) is 5.10 Å². The minimum Gasteiger partial charge on any atom is -0.383 e. The first-order valence-corrected chi connectivity index (χ1v) is 10.7. The van der Waals surface area contributed by atoms with Gasteiger partial charge in [0.05, 0.1) is 18.4 Å². The summed E-state index contributed by atoms with van der Waals surface area (Å²) in [6.07, 6.45) is 0.384. The number of aryl methyl sites for hydroxylation is 1. The molecule has 2 aromatic carbocycles. The number of hydrogen-bond acceptors (Lipinski definition) is 4. The van der Waals surface area contributed by atoms with E-state index in [2.05, 4.69) is 10.4 Å². The van der Waals surface area contributed by atoms with Gasteiger partial charge >= 0.3 is 6.03 Å². The van der Waals surface area contributed by atoms with E-state index in [4.69, 9.17) is 4.74 Å². The van der Waals surface area contributed by atoms with Crippen molar-refractivity contribution >= 4 is 17.6 Å². The summed E-state index contributed by atoms with van der Waals surface area (Å²) < 4.78 is 19.5. The van der Waals surface area contributed by atoms with Crippen LogP contribution >= 0.6 is 0 Å². The van der Waals surface area contributed by atoms with Crippen LogP contribution in [0.3, 0.4) is 0 Å². The topological polar surface area (TPSA) is 74.2 Å². The van der Waals surface area contributed by atoms with Gasteiger partial charge in [0.15, 0.2) is 0 Å². The van der Waals surface area contributed by atoms with Crippen molar-refractivity contribution in [3.05, 3.63) is 71.0 Å².